The standard InChI is InChI=1S/C51H32N4/c1-2-17-37(18-3-1)54-47-26-10-11-27-48(47)55-49-44-24-8-9-25-46(44)53(50(49)52-51(54)55)38-19-13-16-35(31-38)33-14-12-15-34(30-33)36-28-29-43-41-22-5-4-20-39(41)40-21-6-7-23-42(40)45(43)32-36/h1-32H. The molecule has 256 valence electrons. The molecule has 12 rings (SSSR count). The first kappa shape index (κ1) is 30.1. The smallest absolute Gasteiger partial charge is 0.222 e. The minimum Gasteiger partial charge on any atom is -0.292 e. The van der Waals surface area contributed by atoms with E-state index in [1.54, 1.807) is 0 Å². The van der Waals surface area contributed by atoms with E-state index in [1.165, 1.54) is 54.4 Å². The van der Waals surface area contributed by atoms with Crippen LogP contribution in [-0.2, 0) is 0 Å². The first-order valence-electron chi connectivity index (χ1n) is 18.8. The van der Waals surface area contributed by atoms with Gasteiger partial charge in [0.1, 0.15) is 5.52 Å². The summed E-state index contributed by atoms with van der Waals surface area (Å²) in [5, 5.41) is 8.90. The lowest BCUT2D eigenvalue weighted by atomic mass is 9.91. The summed E-state index contributed by atoms with van der Waals surface area (Å²) in [5.41, 5.74) is 12.3. The number of fused-ring (bicyclic) bond motifs is 13. The maximum absolute atomic E-state index is 5.45. The Labute approximate surface area is 316 Å². The zero-order valence-corrected chi connectivity index (χ0v) is 29.8. The van der Waals surface area contributed by atoms with Gasteiger partial charge in [0.25, 0.3) is 0 Å². The van der Waals surface area contributed by atoms with Crippen molar-refractivity contribution in [2.24, 2.45) is 0 Å². The highest BCUT2D eigenvalue weighted by molar-refractivity contribution is 6.25. The molecule has 0 aliphatic carbocycles. The quantitative estimate of drug-likeness (QED) is 0.168. The van der Waals surface area contributed by atoms with Gasteiger partial charge in [-0.1, -0.05) is 140 Å². The third kappa shape index (κ3) is 4.37. The molecular weight excluding hydrogens is 669 g/mol. The van der Waals surface area contributed by atoms with Gasteiger partial charge < -0.3 is 0 Å². The fourth-order valence-electron chi connectivity index (χ4n) is 8.99. The van der Waals surface area contributed by atoms with Crippen molar-refractivity contribution in [2.75, 3.05) is 0 Å². The van der Waals surface area contributed by atoms with Gasteiger partial charge in [-0.3, -0.25) is 13.5 Å². The molecule has 3 heterocycles. The lowest BCUT2D eigenvalue weighted by Gasteiger charge is -2.13. The van der Waals surface area contributed by atoms with E-state index < -0.39 is 0 Å². The molecule has 0 amide bonds. The Balaban J connectivity index is 1.03. The maximum Gasteiger partial charge on any atom is 0.222 e. The zero-order chi connectivity index (χ0) is 36.0. The van der Waals surface area contributed by atoms with Gasteiger partial charge >= 0.3 is 0 Å². The molecule has 0 aliphatic rings. The van der Waals surface area contributed by atoms with Crippen LogP contribution in [0.15, 0.2) is 194 Å². The van der Waals surface area contributed by atoms with Gasteiger partial charge in [0.15, 0.2) is 5.65 Å². The number of para-hydroxylation sites is 4. The monoisotopic (exact) mass is 700 g/mol. The number of aromatic nitrogens is 4. The number of hydrogen-bond donors (Lipinski definition) is 0. The second-order valence-electron chi connectivity index (χ2n) is 14.4. The minimum atomic E-state index is 0.900. The summed E-state index contributed by atoms with van der Waals surface area (Å²) < 4.78 is 6.93. The minimum absolute atomic E-state index is 0.900. The fourth-order valence-corrected chi connectivity index (χ4v) is 8.99. The topological polar surface area (TPSA) is 27.2 Å². The van der Waals surface area contributed by atoms with E-state index >= 15 is 0 Å². The van der Waals surface area contributed by atoms with Gasteiger partial charge in [0.05, 0.1) is 16.6 Å². The van der Waals surface area contributed by atoms with Crippen molar-refractivity contribution in [3.05, 3.63) is 194 Å². The van der Waals surface area contributed by atoms with E-state index in [1.807, 2.05) is 0 Å². The Bertz CT molecular complexity index is 3450. The average Bonchev–Trinajstić information content (AvgIpc) is 3.89. The molecule has 0 saturated carbocycles. The van der Waals surface area contributed by atoms with Crippen molar-refractivity contribution in [1.82, 2.24) is 18.5 Å². The molecule has 0 spiro atoms. The molecule has 9 aromatic carbocycles. The summed E-state index contributed by atoms with van der Waals surface area (Å²) in [6, 6.07) is 70.1. The molecule has 3 aromatic heterocycles. The predicted molar refractivity (Wildman–Crippen MR) is 230 cm³/mol. The molecule has 12 aromatic rings. The molecule has 0 atom stereocenters. The van der Waals surface area contributed by atoms with Crippen LogP contribution < -0.4 is 0 Å². The van der Waals surface area contributed by atoms with Gasteiger partial charge in [0.2, 0.25) is 5.78 Å². The van der Waals surface area contributed by atoms with E-state index in [4.69, 9.17) is 4.98 Å². The van der Waals surface area contributed by atoms with Crippen molar-refractivity contribution < 1.29 is 0 Å². The Kier molecular flexibility index (Phi) is 6.31. The first-order chi connectivity index (χ1) is 27.3. The molecule has 0 aliphatic heterocycles. The largest absolute Gasteiger partial charge is 0.292 e. The van der Waals surface area contributed by atoms with E-state index in [-0.39, 0.29) is 0 Å². The molecule has 55 heavy (non-hydrogen) atoms. The second kappa shape index (κ2) is 11.5. The van der Waals surface area contributed by atoms with Gasteiger partial charge in [-0.2, -0.15) is 4.98 Å². The Morgan fingerprint density at radius 1 is 0.309 bits per heavy atom. The van der Waals surface area contributed by atoms with Crippen LogP contribution in [-0.4, -0.2) is 18.5 Å². The lowest BCUT2D eigenvalue weighted by molar-refractivity contribution is 1.09. The van der Waals surface area contributed by atoms with Crippen molar-refractivity contribution in [3.8, 4) is 33.6 Å². The third-order valence-corrected chi connectivity index (χ3v) is 11.4. The Hall–Kier alpha value is -7.43. The number of hydrogen-bond acceptors (Lipinski definition) is 1. The number of rotatable bonds is 4. The van der Waals surface area contributed by atoms with Crippen molar-refractivity contribution in [2.45, 2.75) is 0 Å². The highest BCUT2D eigenvalue weighted by Gasteiger charge is 2.23. The average molecular weight is 701 g/mol. The fraction of sp³-hybridized carbons (Fsp3) is 0. The van der Waals surface area contributed by atoms with Gasteiger partial charge in [-0.25, -0.2) is 0 Å². The number of benzene rings is 9. The summed E-state index contributed by atoms with van der Waals surface area (Å²) in [7, 11) is 0. The third-order valence-electron chi connectivity index (χ3n) is 11.4. The molecule has 0 saturated heterocycles. The molecule has 4 nitrogen and oxygen atoms in total. The predicted octanol–water partition coefficient (Wildman–Crippen LogP) is 13.2. The lowest BCUT2D eigenvalue weighted by Crippen LogP contribution is -1.97. The molecule has 0 bridgehead atoms. The maximum atomic E-state index is 5.45. The van der Waals surface area contributed by atoms with Crippen LogP contribution in [0.4, 0.5) is 0 Å². The Morgan fingerprint density at radius 2 is 0.818 bits per heavy atom. The normalized spacial score (nSPS) is 12.0. The van der Waals surface area contributed by atoms with Crippen LogP contribution in [0, 0.1) is 0 Å². The zero-order valence-electron chi connectivity index (χ0n) is 29.8. The van der Waals surface area contributed by atoms with Gasteiger partial charge in [-0.15, -0.1) is 0 Å². The van der Waals surface area contributed by atoms with Crippen molar-refractivity contribution >= 4 is 71.2 Å². The van der Waals surface area contributed by atoms with Crippen LogP contribution in [0.1, 0.15) is 0 Å². The summed E-state index contributed by atoms with van der Waals surface area (Å²) in [5.74, 6) is 0.900. The molecule has 0 N–H and O–H groups in total. The highest BCUT2D eigenvalue weighted by atomic mass is 15.2. The van der Waals surface area contributed by atoms with Gasteiger partial charge in [0, 0.05) is 16.8 Å². The van der Waals surface area contributed by atoms with Crippen LogP contribution >= 0.6 is 0 Å². The van der Waals surface area contributed by atoms with Crippen LogP contribution in [0.5, 0.6) is 0 Å². The van der Waals surface area contributed by atoms with E-state index in [0.29, 0.717) is 0 Å². The molecule has 0 radical (unpaired) electrons. The number of imidazole rings is 2. The van der Waals surface area contributed by atoms with Crippen LogP contribution in [0.2, 0.25) is 0 Å². The second-order valence-corrected chi connectivity index (χ2v) is 14.4. The van der Waals surface area contributed by atoms with Crippen LogP contribution in [0.3, 0.4) is 0 Å². The molecule has 0 fully saturated rings. The number of nitrogens with zero attached hydrogens (tertiary/aromatic N) is 4. The van der Waals surface area contributed by atoms with Crippen molar-refractivity contribution in [1.29, 1.82) is 0 Å². The first-order valence-corrected chi connectivity index (χ1v) is 18.8. The SMILES string of the molecule is c1ccc(-n2c3ccccc3n3c4c5ccccc5n(-c5cccc(-c6cccc(-c7ccc8c9ccccc9c9ccccc9c8c7)c6)c5)c4nc23)cc1. The highest BCUT2D eigenvalue weighted by Crippen LogP contribution is 2.40. The Morgan fingerprint density at radius 3 is 1.53 bits per heavy atom. The summed E-state index contributed by atoms with van der Waals surface area (Å²) in [6.07, 6.45) is 0. The van der Waals surface area contributed by atoms with Crippen molar-refractivity contribution in [3.63, 3.8) is 0 Å². The molecule has 4 heteroatoms. The van der Waals surface area contributed by atoms with Crippen LogP contribution in [0.25, 0.3) is 105 Å². The molecule has 0 unspecified atom stereocenters. The van der Waals surface area contributed by atoms with E-state index in [2.05, 4.69) is 208 Å². The summed E-state index contributed by atoms with van der Waals surface area (Å²) >= 11 is 0. The van der Waals surface area contributed by atoms with Gasteiger partial charge in [-0.05, 0) is 109 Å². The molecular formula is C51H32N4. The van der Waals surface area contributed by atoms with E-state index in [0.717, 1.165) is 50.4 Å². The summed E-state index contributed by atoms with van der Waals surface area (Å²) in [6.45, 7) is 0. The van der Waals surface area contributed by atoms with E-state index in [9.17, 15) is 0 Å². The summed E-state index contributed by atoms with van der Waals surface area (Å²) in [4.78, 5) is 5.45.